The van der Waals surface area contributed by atoms with Crippen molar-refractivity contribution < 1.29 is 49.0 Å². The number of hydrogen-bond donors (Lipinski definition) is 5. The number of ether oxygens (including phenoxy) is 4. The van der Waals surface area contributed by atoms with Crippen LogP contribution in [-0.4, -0.2) is 75.3 Å². The van der Waals surface area contributed by atoms with Crippen LogP contribution in [0, 0.1) is 20.8 Å². The summed E-state index contributed by atoms with van der Waals surface area (Å²) in [5, 5.41) is 40.5. The largest absolute Gasteiger partial charge is 0.481 e. The van der Waals surface area contributed by atoms with Gasteiger partial charge in [0.15, 0.2) is 0 Å². The summed E-state index contributed by atoms with van der Waals surface area (Å²) < 4.78 is 24.1. The minimum Gasteiger partial charge on any atom is -0.481 e. The Labute approximate surface area is 323 Å². The number of aliphatic hydroxyl groups is 2. The van der Waals surface area contributed by atoms with Gasteiger partial charge < -0.3 is 44.7 Å². The number of hydrogen-bond acceptors (Lipinski definition) is 11. The van der Waals surface area contributed by atoms with Crippen molar-refractivity contribution in [3.63, 3.8) is 0 Å². The fraction of sp³-hybridized carbons (Fsp3) is 0.400. The highest BCUT2D eigenvalue weighted by Gasteiger charge is 2.18. The number of carbonyl (C=O) groups is 2. The molecule has 2 aromatic carbocycles. The minimum atomic E-state index is -1.07. The summed E-state index contributed by atoms with van der Waals surface area (Å²) in [6.07, 6.45) is -1.00. The lowest BCUT2D eigenvalue weighted by molar-refractivity contribution is -0.140. The normalized spacial score (nSPS) is 12.2. The fourth-order valence-electron chi connectivity index (χ4n) is 6.07. The van der Waals surface area contributed by atoms with E-state index in [1.54, 1.807) is 7.11 Å². The number of halogens is 1. The summed E-state index contributed by atoms with van der Waals surface area (Å²) in [5.41, 5.74) is 8.62. The highest BCUT2D eigenvalue weighted by atomic mass is 79.9. The molecule has 0 aliphatic heterocycles. The van der Waals surface area contributed by atoms with Crippen LogP contribution in [-0.2, 0) is 35.8 Å². The highest BCUT2D eigenvalue weighted by Crippen LogP contribution is 2.34. The highest BCUT2D eigenvalue weighted by molar-refractivity contribution is 9.10. The van der Waals surface area contributed by atoms with Crippen LogP contribution in [0.4, 0.5) is 0 Å². The van der Waals surface area contributed by atoms with Crippen LogP contribution < -0.4 is 24.3 Å². The first-order chi connectivity index (χ1) is 25.8. The predicted molar refractivity (Wildman–Crippen MR) is 205 cm³/mol. The zero-order valence-electron chi connectivity index (χ0n) is 31.1. The van der Waals surface area contributed by atoms with Gasteiger partial charge in [0.05, 0.1) is 43.7 Å². The SMILES string of the molecule is COc1nc(OCc2cccc(-c3cccc(COc4nc(OC)c(CNC[C@@H](O)CC(=O)O)cc4Br)c3C)c2C)c(C)cc1CCC[C@@H](O)CC(=O)O. The molecule has 0 spiro atoms. The number of aliphatic hydroxyl groups excluding tert-OH is 2. The quantitative estimate of drug-likeness (QED) is 0.0651. The molecule has 0 radical (unpaired) electrons. The number of carboxylic acid groups (broad SMARTS) is 2. The molecule has 0 saturated carbocycles. The first-order valence-electron chi connectivity index (χ1n) is 17.5. The van der Waals surface area contributed by atoms with E-state index in [1.807, 2.05) is 43.3 Å². The molecule has 2 aromatic heterocycles. The molecule has 13 nitrogen and oxygen atoms in total. The average Bonchev–Trinajstić information content (AvgIpc) is 3.11. The van der Waals surface area contributed by atoms with Crippen LogP contribution in [0.2, 0.25) is 0 Å². The molecule has 14 heteroatoms. The Bertz CT molecular complexity index is 1780. The van der Waals surface area contributed by atoms with Crippen molar-refractivity contribution in [2.45, 2.75) is 84.8 Å². The van der Waals surface area contributed by atoms with Gasteiger partial charge >= 0.3 is 11.9 Å². The van der Waals surface area contributed by atoms with Gasteiger partial charge in [-0.05, 0) is 101 Å². The van der Waals surface area contributed by atoms with E-state index in [4.69, 9.17) is 29.2 Å². The third-order valence-corrected chi connectivity index (χ3v) is 9.55. The fourth-order valence-corrected chi connectivity index (χ4v) is 6.55. The van der Waals surface area contributed by atoms with Gasteiger partial charge in [-0.2, -0.15) is 9.97 Å². The number of methoxy groups -OCH3 is 2. The van der Waals surface area contributed by atoms with E-state index in [9.17, 15) is 19.8 Å². The number of rotatable bonds is 21. The van der Waals surface area contributed by atoms with Crippen molar-refractivity contribution in [2.24, 2.45) is 0 Å². The molecule has 0 amide bonds. The van der Waals surface area contributed by atoms with E-state index in [1.165, 1.54) is 7.11 Å². The number of pyridine rings is 2. The topological polar surface area (TPSA) is 190 Å². The minimum absolute atomic E-state index is 0.102. The second-order valence-electron chi connectivity index (χ2n) is 13.0. The van der Waals surface area contributed by atoms with Crippen LogP contribution in [0.25, 0.3) is 11.1 Å². The molecular weight excluding hydrogens is 762 g/mol. The number of aliphatic carboxylic acids is 2. The third-order valence-electron chi connectivity index (χ3n) is 8.99. The lowest BCUT2D eigenvalue weighted by Crippen LogP contribution is -2.28. The molecule has 4 rings (SSSR count). The summed E-state index contributed by atoms with van der Waals surface area (Å²) in [6.45, 7) is 6.98. The molecule has 0 bridgehead atoms. The summed E-state index contributed by atoms with van der Waals surface area (Å²) in [7, 11) is 3.05. The number of nitrogens with one attached hydrogen (secondary N) is 1. The van der Waals surface area contributed by atoms with Crippen LogP contribution in [0.5, 0.6) is 23.5 Å². The van der Waals surface area contributed by atoms with E-state index >= 15 is 0 Å². The van der Waals surface area contributed by atoms with Gasteiger partial charge in [-0.3, -0.25) is 9.59 Å². The maximum absolute atomic E-state index is 10.9. The summed E-state index contributed by atoms with van der Waals surface area (Å²) >= 11 is 3.55. The van der Waals surface area contributed by atoms with Gasteiger partial charge in [-0.1, -0.05) is 36.4 Å². The first kappa shape index (κ1) is 42.0. The van der Waals surface area contributed by atoms with Crippen molar-refractivity contribution in [2.75, 3.05) is 20.8 Å². The molecule has 5 N–H and O–H groups in total. The van der Waals surface area contributed by atoms with Crippen LogP contribution in [0.15, 0.2) is 53.0 Å². The second-order valence-corrected chi connectivity index (χ2v) is 13.9. The Morgan fingerprint density at radius 1 is 0.741 bits per heavy atom. The van der Waals surface area contributed by atoms with Gasteiger partial charge in [0.1, 0.15) is 13.2 Å². The molecule has 0 fully saturated rings. The maximum Gasteiger partial charge on any atom is 0.306 e. The zero-order chi connectivity index (χ0) is 39.4. The van der Waals surface area contributed by atoms with Crippen molar-refractivity contribution in [3.8, 4) is 34.6 Å². The van der Waals surface area contributed by atoms with E-state index < -0.39 is 24.1 Å². The van der Waals surface area contributed by atoms with Crippen molar-refractivity contribution in [1.82, 2.24) is 15.3 Å². The first-order valence-corrected chi connectivity index (χ1v) is 18.3. The second kappa shape index (κ2) is 20.1. The van der Waals surface area contributed by atoms with E-state index in [2.05, 4.69) is 57.2 Å². The molecule has 4 aromatic rings. The number of benzene rings is 2. The molecule has 0 unspecified atom stereocenters. The number of nitrogens with zero attached hydrogens (tertiary/aromatic N) is 2. The Kier molecular flexibility index (Phi) is 15.6. The van der Waals surface area contributed by atoms with E-state index in [-0.39, 0.29) is 32.6 Å². The van der Waals surface area contributed by atoms with E-state index in [0.29, 0.717) is 59.4 Å². The molecule has 0 saturated heterocycles. The Morgan fingerprint density at radius 3 is 1.85 bits per heavy atom. The summed E-state index contributed by atoms with van der Waals surface area (Å²) in [6, 6.07) is 16.0. The van der Waals surface area contributed by atoms with Crippen LogP contribution in [0.1, 0.15) is 64.6 Å². The molecule has 0 aliphatic carbocycles. The van der Waals surface area contributed by atoms with Crippen molar-refractivity contribution in [3.05, 3.63) is 91.9 Å². The Morgan fingerprint density at radius 2 is 1.28 bits per heavy atom. The third kappa shape index (κ3) is 11.6. The molecule has 2 atom stereocenters. The molecule has 54 heavy (non-hydrogen) atoms. The van der Waals surface area contributed by atoms with Crippen LogP contribution in [0.3, 0.4) is 0 Å². The zero-order valence-corrected chi connectivity index (χ0v) is 32.7. The van der Waals surface area contributed by atoms with Crippen LogP contribution >= 0.6 is 15.9 Å². The molecule has 0 aliphatic rings. The number of aryl methyl sites for hydroxylation is 2. The van der Waals surface area contributed by atoms with Crippen molar-refractivity contribution in [1.29, 1.82) is 0 Å². The van der Waals surface area contributed by atoms with Gasteiger partial charge in [0.2, 0.25) is 23.5 Å². The number of aromatic nitrogens is 2. The lowest BCUT2D eigenvalue weighted by atomic mass is 9.92. The summed E-state index contributed by atoms with van der Waals surface area (Å²) in [4.78, 5) is 30.8. The molecule has 2 heterocycles. The smallest absolute Gasteiger partial charge is 0.306 e. The average molecular weight is 811 g/mol. The van der Waals surface area contributed by atoms with Gasteiger partial charge in [0, 0.05) is 29.8 Å². The standard InChI is InChI=1S/C40H48BrN3O10/c1-23-15-26(9-6-12-30(45)17-35(47)48)38(51-4)43-37(23)53-21-27-10-7-13-32(24(27)2)33-14-8-11-28(25(33)3)22-54-40-34(41)16-29(39(44-40)52-5)19-42-20-31(46)18-36(49)50/h7-8,10-11,13-16,30-31,42,45-46H,6,9,12,17-22H2,1-5H3,(H,47,48)(H,49,50)/t30-,31+/m1/s1. The van der Waals surface area contributed by atoms with Gasteiger partial charge in [-0.15, -0.1) is 0 Å². The molecular formula is C40H48BrN3O10. The van der Waals surface area contributed by atoms with E-state index in [0.717, 1.165) is 44.5 Å². The van der Waals surface area contributed by atoms with Gasteiger partial charge in [0.25, 0.3) is 0 Å². The van der Waals surface area contributed by atoms with Gasteiger partial charge in [-0.25, -0.2) is 0 Å². The predicted octanol–water partition coefficient (Wildman–Crippen LogP) is 6.09. The monoisotopic (exact) mass is 809 g/mol. The summed E-state index contributed by atoms with van der Waals surface area (Å²) in [5.74, 6) is -0.506. The maximum atomic E-state index is 10.9. The Hall–Kier alpha value is -4.76. The number of carboxylic acids is 2. The lowest BCUT2D eigenvalue weighted by Gasteiger charge is -2.18. The molecule has 290 valence electrons. The van der Waals surface area contributed by atoms with Crippen molar-refractivity contribution >= 4 is 27.9 Å². The Balaban J connectivity index is 1.43.